The Labute approximate surface area is 149 Å². The molecule has 25 heavy (non-hydrogen) atoms. The van der Waals surface area contributed by atoms with Crippen LogP contribution >= 0.6 is 0 Å². The van der Waals surface area contributed by atoms with E-state index in [2.05, 4.69) is 9.97 Å². The molecular formula is C17H27N3O4S. The van der Waals surface area contributed by atoms with Gasteiger partial charge in [-0.2, -0.15) is 0 Å². The maximum absolute atomic E-state index is 12.8. The van der Waals surface area contributed by atoms with Crippen molar-refractivity contribution in [1.82, 2.24) is 14.9 Å². The molecule has 1 aliphatic heterocycles. The Balaban J connectivity index is 2.21. The van der Waals surface area contributed by atoms with E-state index in [9.17, 15) is 13.2 Å². The van der Waals surface area contributed by atoms with E-state index >= 15 is 0 Å². The van der Waals surface area contributed by atoms with E-state index in [1.54, 1.807) is 40.7 Å². The zero-order valence-corrected chi connectivity index (χ0v) is 16.4. The highest BCUT2D eigenvalue weighted by atomic mass is 32.2. The first kappa shape index (κ1) is 19.6. The van der Waals surface area contributed by atoms with Gasteiger partial charge in [0.15, 0.2) is 0 Å². The van der Waals surface area contributed by atoms with Gasteiger partial charge in [-0.15, -0.1) is 0 Å². The number of hydrogen-bond acceptors (Lipinski definition) is 6. The number of carbonyl (C=O) groups excluding carboxylic acids is 1. The second-order valence-corrected chi connectivity index (χ2v) is 9.47. The monoisotopic (exact) mass is 369 g/mol. The van der Waals surface area contributed by atoms with Crippen LogP contribution in [0.4, 0.5) is 4.79 Å². The van der Waals surface area contributed by atoms with Crippen LogP contribution in [0.15, 0.2) is 11.2 Å². The molecule has 0 aromatic carbocycles. The average Bonchev–Trinajstić information content (AvgIpc) is 2.44. The molecule has 1 fully saturated rings. The van der Waals surface area contributed by atoms with Crippen molar-refractivity contribution in [2.24, 2.45) is 0 Å². The van der Waals surface area contributed by atoms with Crippen LogP contribution in [0.1, 0.15) is 51.4 Å². The fourth-order valence-electron chi connectivity index (χ4n) is 2.90. The van der Waals surface area contributed by atoms with Crippen molar-refractivity contribution in [3.05, 3.63) is 17.5 Å². The van der Waals surface area contributed by atoms with Crippen molar-refractivity contribution in [2.45, 2.75) is 70.7 Å². The molecule has 140 valence electrons. The van der Waals surface area contributed by atoms with Crippen LogP contribution in [0.25, 0.3) is 0 Å². The van der Waals surface area contributed by atoms with Gasteiger partial charge in [-0.25, -0.2) is 23.2 Å². The maximum Gasteiger partial charge on any atom is 0.410 e. The van der Waals surface area contributed by atoms with Gasteiger partial charge in [0.2, 0.25) is 15.0 Å². The summed E-state index contributed by atoms with van der Waals surface area (Å²) in [5, 5.41) is -0.167. The van der Waals surface area contributed by atoms with Gasteiger partial charge in [0, 0.05) is 24.0 Å². The van der Waals surface area contributed by atoms with Crippen molar-refractivity contribution in [1.29, 1.82) is 0 Å². The number of sulfone groups is 1. The minimum atomic E-state index is -3.69. The number of nitrogens with zero attached hydrogens (tertiary/aromatic N) is 3. The lowest BCUT2D eigenvalue weighted by atomic mass is 10.0. The van der Waals surface area contributed by atoms with Gasteiger partial charge in [-0.1, -0.05) is 0 Å². The molecule has 0 saturated carbocycles. The normalized spacial score (nSPS) is 18.9. The Hall–Kier alpha value is -1.70. The fraction of sp³-hybridized carbons (Fsp3) is 0.706. The van der Waals surface area contributed by atoms with Crippen molar-refractivity contribution >= 4 is 15.9 Å². The zero-order chi connectivity index (χ0) is 18.8. The molecule has 0 bridgehead atoms. The van der Waals surface area contributed by atoms with Crippen LogP contribution in [-0.4, -0.2) is 53.3 Å². The summed E-state index contributed by atoms with van der Waals surface area (Å²) >= 11 is 0. The summed E-state index contributed by atoms with van der Waals surface area (Å²) in [5.41, 5.74) is 0.603. The average molecular weight is 369 g/mol. The van der Waals surface area contributed by atoms with E-state index in [0.717, 1.165) is 12.8 Å². The van der Waals surface area contributed by atoms with E-state index < -0.39 is 27.6 Å². The SMILES string of the molecule is Cc1cc(C)nc(S(=O)(=O)C[C@@H]2CCCCN2C(=O)OC(C)(C)C)n1. The van der Waals surface area contributed by atoms with Gasteiger partial charge in [0.05, 0.1) is 5.75 Å². The molecule has 2 heterocycles. The second-order valence-electron chi connectivity index (χ2n) is 7.54. The van der Waals surface area contributed by atoms with Crippen molar-refractivity contribution in [3.8, 4) is 0 Å². The third kappa shape index (κ3) is 5.39. The maximum atomic E-state index is 12.8. The predicted octanol–water partition coefficient (Wildman–Crippen LogP) is 2.66. The summed E-state index contributed by atoms with van der Waals surface area (Å²) in [6.45, 7) is 9.36. The Morgan fingerprint density at radius 3 is 2.40 bits per heavy atom. The van der Waals surface area contributed by atoms with Crippen LogP contribution < -0.4 is 0 Å². The zero-order valence-electron chi connectivity index (χ0n) is 15.6. The van der Waals surface area contributed by atoms with Gasteiger partial charge >= 0.3 is 6.09 Å². The molecule has 7 nitrogen and oxygen atoms in total. The van der Waals surface area contributed by atoms with E-state index in [4.69, 9.17) is 4.74 Å². The van der Waals surface area contributed by atoms with Crippen LogP contribution in [0.5, 0.6) is 0 Å². The van der Waals surface area contributed by atoms with Crippen LogP contribution in [-0.2, 0) is 14.6 Å². The van der Waals surface area contributed by atoms with E-state index in [1.165, 1.54) is 4.90 Å². The van der Waals surface area contributed by atoms with Crippen molar-refractivity contribution < 1.29 is 17.9 Å². The largest absolute Gasteiger partial charge is 0.444 e. The molecule has 0 radical (unpaired) electrons. The summed E-state index contributed by atoms with van der Waals surface area (Å²) in [7, 11) is -3.69. The number of amides is 1. The summed E-state index contributed by atoms with van der Waals surface area (Å²) in [5.74, 6) is -0.185. The van der Waals surface area contributed by atoms with Crippen molar-refractivity contribution in [3.63, 3.8) is 0 Å². The molecule has 1 aromatic heterocycles. The lowest BCUT2D eigenvalue weighted by Crippen LogP contribution is -2.49. The number of carbonyl (C=O) groups is 1. The number of rotatable bonds is 3. The molecule has 0 unspecified atom stereocenters. The molecule has 2 rings (SSSR count). The molecule has 1 aliphatic rings. The molecule has 8 heteroatoms. The Kier molecular flexibility index (Phi) is 5.71. The quantitative estimate of drug-likeness (QED) is 0.761. The first-order valence-corrected chi connectivity index (χ1v) is 10.2. The first-order chi connectivity index (χ1) is 11.5. The summed E-state index contributed by atoms with van der Waals surface area (Å²) in [6.07, 6.45) is 1.89. The standard InChI is InChI=1S/C17H27N3O4S/c1-12-10-13(2)19-15(18-12)25(22,23)11-14-8-6-7-9-20(14)16(21)24-17(3,4)5/h10,14H,6-9,11H2,1-5H3/t14-/m0/s1. The number of piperidine rings is 1. The summed E-state index contributed by atoms with van der Waals surface area (Å²) in [4.78, 5) is 22.1. The highest BCUT2D eigenvalue weighted by Gasteiger charge is 2.34. The minimum absolute atomic E-state index is 0.167. The summed E-state index contributed by atoms with van der Waals surface area (Å²) < 4.78 is 30.9. The van der Waals surface area contributed by atoms with Crippen LogP contribution in [0, 0.1) is 13.8 Å². The number of aromatic nitrogens is 2. The molecule has 0 N–H and O–H groups in total. The highest BCUT2D eigenvalue weighted by Crippen LogP contribution is 2.23. The molecule has 1 atom stereocenters. The third-order valence-electron chi connectivity index (χ3n) is 3.91. The molecular weight excluding hydrogens is 342 g/mol. The van der Waals surface area contributed by atoms with Gasteiger partial charge < -0.3 is 9.64 Å². The van der Waals surface area contributed by atoms with E-state index in [-0.39, 0.29) is 10.9 Å². The van der Waals surface area contributed by atoms with Gasteiger partial charge in [0.1, 0.15) is 5.60 Å². The highest BCUT2D eigenvalue weighted by molar-refractivity contribution is 7.91. The van der Waals surface area contributed by atoms with E-state index in [1.807, 2.05) is 0 Å². The Morgan fingerprint density at radius 2 is 1.84 bits per heavy atom. The van der Waals surface area contributed by atoms with Crippen LogP contribution in [0.2, 0.25) is 0 Å². The first-order valence-electron chi connectivity index (χ1n) is 8.52. The molecule has 0 spiro atoms. The van der Waals surface area contributed by atoms with Crippen LogP contribution in [0.3, 0.4) is 0 Å². The number of hydrogen-bond donors (Lipinski definition) is 0. The second kappa shape index (κ2) is 7.27. The van der Waals surface area contributed by atoms with Crippen molar-refractivity contribution in [2.75, 3.05) is 12.3 Å². The predicted molar refractivity (Wildman–Crippen MR) is 94.1 cm³/mol. The van der Waals surface area contributed by atoms with Gasteiger partial charge in [0.25, 0.3) is 0 Å². The fourth-order valence-corrected chi connectivity index (χ4v) is 4.46. The lowest BCUT2D eigenvalue weighted by molar-refractivity contribution is 0.0124. The Bertz CT molecular complexity index is 721. The van der Waals surface area contributed by atoms with Gasteiger partial charge in [-0.05, 0) is 59.9 Å². The smallest absolute Gasteiger partial charge is 0.410 e. The topological polar surface area (TPSA) is 89.5 Å². The molecule has 1 aromatic rings. The number of likely N-dealkylation sites (tertiary alicyclic amines) is 1. The molecule has 0 aliphatic carbocycles. The lowest BCUT2D eigenvalue weighted by Gasteiger charge is -2.36. The minimum Gasteiger partial charge on any atom is -0.444 e. The number of aryl methyl sites for hydroxylation is 2. The molecule has 1 saturated heterocycles. The Morgan fingerprint density at radius 1 is 1.24 bits per heavy atom. The molecule has 1 amide bonds. The summed E-state index contributed by atoms with van der Waals surface area (Å²) in [6, 6.07) is 1.31. The van der Waals surface area contributed by atoms with Gasteiger partial charge in [-0.3, -0.25) is 0 Å². The third-order valence-corrected chi connectivity index (χ3v) is 5.47. The van der Waals surface area contributed by atoms with E-state index in [0.29, 0.717) is 24.4 Å². The number of ether oxygens (including phenoxy) is 1.